The predicted octanol–water partition coefficient (Wildman–Crippen LogP) is 0.194. The first kappa shape index (κ1) is 14.4. The highest BCUT2D eigenvalue weighted by Crippen LogP contribution is 1.93. The molecule has 0 spiro atoms. The lowest BCUT2D eigenvalue weighted by Crippen LogP contribution is -2.32. The molecule has 0 aromatic carbocycles. The second-order valence-corrected chi connectivity index (χ2v) is 4.55. The molecular weight excluding hydrogens is 339 g/mol. The summed E-state index contributed by atoms with van der Waals surface area (Å²) in [6, 6.07) is 0. The van der Waals surface area contributed by atoms with Crippen LogP contribution < -0.4 is 11.2 Å². The van der Waals surface area contributed by atoms with Gasteiger partial charge < -0.3 is 9.47 Å². The number of hydrogen-bond acceptors (Lipinski definition) is 4. The Bertz CT molecular complexity index is 454. The van der Waals surface area contributed by atoms with Crippen LogP contribution in [0.15, 0.2) is 15.8 Å². The Morgan fingerprint density at radius 3 is 2.82 bits per heavy atom. The van der Waals surface area contributed by atoms with Gasteiger partial charge in [-0.2, -0.15) is 0 Å². The van der Waals surface area contributed by atoms with E-state index in [2.05, 4.69) is 4.98 Å². The monoisotopic (exact) mass is 354 g/mol. The molecule has 1 aromatic rings. The molecular formula is C10H15IN2O4. The number of aromatic amines is 1. The van der Waals surface area contributed by atoms with Crippen LogP contribution >= 0.6 is 22.6 Å². The first-order valence-corrected chi connectivity index (χ1v) is 6.29. The van der Waals surface area contributed by atoms with Crippen molar-refractivity contribution in [1.29, 1.82) is 0 Å². The second kappa shape index (κ2) is 7.62. The van der Waals surface area contributed by atoms with Crippen LogP contribution in [0.4, 0.5) is 0 Å². The third-order valence-corrected chi connectivity index (χ3v) is 2.85. The molecule has 1 N–H and O–H groups in total. The summed E-state index contributed by atoms with van der Waals surface area (Å²) in [5.41, 5.74) is -0.760. The highest BCUT2D eigenvalue weighted by atomic mass is 127. The molecule has 0 saturated carbocycles. The minimum Gasteiger partial charge on any atom is -0.385 e. The van der Waals surface area contributed by atoms with E-state index in [-0.39, 0.29) is 5.56 Å². The fourth-order valence-corrected chi connectivity index (χ4v) is 1.69. The number of aromatic nitrogens is 2. The molecule has 0 radical (unpaired) electrons. The van der Waals surface area contributed by atoms with E-state index in [4.69, 9.17) is 9.47 Å². The molecule has 17 heavy (non-hydrogen) atoms. The average Bonchev–Trinajstić information content (AvgIpc) is 2.30. The quantitative estimate of drug-likeness (QED) is 0.561. The molecule has 0 aliphatic heterocycles. The van der Waals surface area contributed by atoms with E-state index in [0.29, 0.717) is 29.9 Å². The van der Waals surface area contributed by atoms with Gasteiger partial charge in [-0.15, -0.1) is 0 Å². The first-order chi connectivity index (χ1) is 8.15. The molecule has 0 unspecified atom stereocenters. The molecule has 0 aliphatic carbocycles. The van der Waals surface area contributed by atoms with Crippen LogP contribution in [0.2, 0.25) is 0 Å². The van der Waals surface area contributed by atoms with Gasteiger partial charge in [0.2, 0.25) is 0 Å². The number of methoxy groups -OCH3 is 1. The van der Waals surface area contributed by atoms with Crippen LogP contribution in [-0.2, 0) is 16.0 Å². The van der Waals surface area contributed by atoms with Gasteiger partial charge >= 0.3 is 5.69 Å². The number of ether oxygens (including phenoxy) is 2. The predicted molar refractivity (Wildman–Crippen MR) is 71.4 cm³/mol. The van der Waals surface area contributed by atoms with E-state index in [1.165, 1.54) is 10.8 Å². The Labute approximate surface area is 112 Å². The Morgan fingerprint density at radius 1 is 1.35 bits per heavy atom. The molecule has 96 valence electrons. The van der Waals surface area contributed by atoms with E-state index < -0.39 is 5.69 Å². The standard InChI is InChI=1S/C10H15IN2O4/c1-16-4-2-5-17-6-3-13-7-8(11)9(14)12-10(13)15/h7H,2-6H2,1H3,(H,12,14,15). The van der Waals surface area contributed by atoms with Gasteiger partial charge in [0.1, 0.15) is 0 Å². The third kappa shape index (κ3) is 5.00. The summed E-state index contributed by atoms with van der Waals surface area (Å²) in [7, 11) is 1.64. The third-order valence-electron chi connectivity index (χ3n) is 2.08. The summed E-state index contributed by atoms with van der Waals surface area (Å²) in [4.78, 5) is 24.7. The zero-order valence-electron chi connectivity index (χ0n) is 9.57. The van der Waals surface area contributed by atoms with Crippen LogP contribution in [0, 0.1) is 3.57 Å². The van der Waals surface area contributed by atoms with Crippen molar-refractivity contribution in [2.75, 3.05) is 26.9 Å². The van der Waals surface area contributed by atoms with Gasteiger partial charge in [0.25, 0.3) is 5.56 Å². The lowest BCUT2D eigenvalue weighted by Gasteiger charge is -2.06. The maximum Gasteiger partial charge on any atom is 0.328 e. The molecule has 0 bridgehead atoms. The smallest absolute Gasteiger partial charge is 0.328 e. The lowest BCUT2D eigenvalue weighted by atomic mass is 10.5. The van der Waals surface area contributed by atoms with E-state index >= 15 is 0 Å². The van der Waals surface area contributed by atoms with Crippen LogP contribution in [0.3, 0.4) is 0 Å². The number of H-pyrrole nitrogens is 1. The molecule has 1 rings (SSSR count). The minimum atomic E-state index is -0.407. The SMILES string of the molecule is COCCCOCCn1cc(I)c(=O)[nH]c1=O. The van der Waals surface area contributed by atoms with Gasteiger partial charge in [-0.05, 0) is 29.0 Å². The second-order valence-electron chi connectivity index (χ2n) is 3.39. The normalized spacial score (nSPS) is 10.7. The van der Waals surface area contributed by atoms with Crippen LogP contribution in [0.5, 0.6) is 0 Å². The summed E-state index contributed by atoms with van der Waals surface area (Å²) in [6.45, 7) is 2.13. The van der Waals surface area contributed by atoms with E-state index in [1.807, 2.05) is 22.6 Å². The fourth-order valence-electron chi connectivity index (χ4n) is 1.22. The van der Waals surface area contributed by atoms with Gasteiger partial charge in [0, 0.05) is 26.5 Å². The Balaban J connectivity index is 2.39. The van der Waals surface area contributed by atoms with Crippen molar-refractivity contribution in [1.82, 2.24) is 9.55 Å². The Hall–Kier alpha value is -0.670. The summed E-state index contributed by atoms with van der Waals surface area (Å²) in [5.74, 6) is 0. The van der Waals surface area contributed by atoms with Gasteiger partial charge in [-0.1, -0.05) is 0 Å². The zero-order valence-corrected chi connectivity index (χ0v) is 11.7. The number of nitrogens with zero attached hydrogens (tertiary/aromatic N) is 1. The van der Waals surface area contributed by atoms with E-state index in [0.717, 1.165) is 6.42 Å². The molecule has 0 aliphatic rings. The fraction of sp³-hybridized carbons (Fsp3) is 0.600. The summed E-state index contributed by atoms with van der Waals surface area (Å²) in [6.07, 6.45) is 2.36. The number of hydrogen-bond donors (Lipinski definition) is 1. The summed E-state index contributed by atoms with van der Waals surface area (Å²) >= 11 is 1.89. The maximum atomic E-state index is 11.4. The number of halogens is 1. The van der Waals surface area contributed by atoms with Crippen molar-refractivity contribution in [2.24, 2.45) is 0 Å². The Kier molecular flexibility index (Phi) is 6.45. The van der Waals surface area contributed by atoms with Gasteiger partial charge in [0.15, 0.2) is 0 Å². The van der Waals surface area contributed by atoms with Crippen molar-refractivity contribution in [3.05, 3.63) is 30.6 Å². The largest absolute Gasteiger partial charge is 0.385 e. The Morgan fingerprint density at radius 2 is 2.12 bits per heavy atom. The minimum absolute atomic E-state index is 0.354. The van der Waals surface area contributed by atoms with Crippen molar-refractivity contribution < 1.29 is 9.47 Å². The van der Waals surface area contributed by atoms with E-state index in [9.17, 15) is 9.59 Å². The molecule has 0 atom stereocenters. The lowest BCUT2D eigenvalue weighted by molar-refractivity contribution is 0.0970. The first-order valence-electron chi connectivity index (χ1n) is 5.21. The molecule has 1 aromatic heterocycles. The maximum absolute atomic E-state index is 11.4. The highest BCUT2D eigenvalue weighted by molar-refractivity contribution is 14.1. The van der Waals surface area contributed by atoms with Crippen LogP contribution in [-0.4, -0.2) is 36.5 Å². The number of nitrogens with one attached hydrogen (secondary N) is 1. The van der Waals surface area contributed by atoms with Crippen molar-refractivity contribution >= 4 is 22.6 Å². The number of rotatable bonds is 7. The topological polar surface area (TPSA) is 73.3 Å². The van der Waals surface area contributed by atoms with Crippen molar-refractivity contribution in [3.8, 4) is 0 Å². The van der Waals surface area contributed by atoms with Crippen LogP contribution in [0.25, 0.3) is 0 Å². The summed E-state index contributed by atoms with van der Waals surface area (Å²) < 4.78 is 12.1. The molecule has 0 amide bonds. The zero-order chi connectivity index (χ0) is 12.7. The van der Waals surface area contributed by atoms with Gasteiger partial charge in [-0.3, -0.25) is 14.3 Å². The van der Waals surface area contributed by atoms with Crippen molar-refractivity contribution in [3.63, 3.8) is 0 Å². The molecule has 1 heterocycles. The average molecular weight is 354 g/mol. The molecule has 6 nitrogen and oxygen atoms in total. The highest BCUT2D eigenvalue weighted by Gasteiger charge is 2.01. The molecule has 0 fully saturated rings. The summed E-state index contributed by atoms with van der Waals surface area (Å²) in [5, 5.41) is 0. The van der Waals surface area contributed by atoms with Crippen molar-refractivity contribution in [2.45, 2.75) is 13.0 Å². The molecule has 0 saturated heterocycles. The van der Waals surface area contributed by atoms with E-state index in [1.54, 1.807) is 7.11 Å². The van der Waals surface area contributed by atoms with Gasteiger partial charge in [-0.25, -0.2) is 4.79 Å². The van der Waals surface area contributed by atoms with Crippen LogP contribution in [0.1, 0.15) is 6.42 Å². The van der Waals surface area contributed by atoms with Gasteiger partial charge in [0.05, 0.1) is 16.7 Å². The molecule has 7 heteroatoms.